The van der Waals surface area contributed by atoms with Crippen molar-refractivity contribution in [1.82, 2.24) is 5.32 Å². The molecule has 0 saturated carbocycles. The van der Waals surface area contributed by atoms with Gasteiger partial charge in [-0.1, -0.05) is 34.1 Å². The Morgan fingerprint density at radius 2 is 2.05 bits per heavy atom. The summed E-state index contributed by atoms with van der Waals surface area (Å²) >= 11 is 3.45. The molecule has 4 heteroatoms. The van der Waals surface area contributed by atoms with Crippen molar-refractivity contribution in [3.8, 4) is 5.75 Å². The second kappa shape index (κ2) is 6.86. The van der Waals surface area contributed by atoms with Gasteiger partial charge in [-0.2, -0.15) is 0 Å². The van der Waals surface area contributed by atoms with Crippen LogP contribution in [0.5, 0.6) is 5.75 Å². The number of nitrogens with one attached hydrogen (secondary N) is 1. The van der Waals surface area contributed by atoms with Crippen molar-refractivity contribution in [3.05, 3.63) is 63.9 Å². The summed E-state index contributed by atoms with van der Waals surface area (Å²) in [6, 6.07) is 13.1. The van der Waals surface area contributed by atoms with Crippen LogP contribution in [-0.2, 0) is 6.54 Å². The summed E-state index contributed by atoms with van der Waals surface area (Å²) in [5.74, 6) is 0.282. The molecule has 0 radical (unpaired) electrons. The van der Waals surface area contributed by atoms with Crippen molar-refractivity contribution in [3.63, 3.8) is 0 Å². The van der Waals surface area contributed by atoms with E-state index in [1.54, 1.807) is 12.1 Å². The highest BCUT2D eigenvalue weighted by atomic mass is 79.9. The van der Waals surface area contributed by atoms with E-state index in [-0.39, 0.29) is 11.9 Å². The molecule has 2 aromatic carbocycles. The lowest BCUT2D eigenvalue weighted by molar-refractivity contribution is 0.410. The SMILES string of the molecule is COc1ccc(CN[C@@H](C)c2cccc(Br)c2)c(F)c1. The number of hydrogen-bond donors (Lipinski definition) is 1. The van der Waals surface area contributed by atoms with Crippen LogP contribution < -0.4 is 10.1 Å². The highest BCUT2D eigenvalue weighted by Crippen LogP contribution is 2.20. The minimum atomic E-state index is -0.252. The number of benzene rings is 2. The Morgan fingerprint density at radius 1 is 1.25 bits per heavy atom. The zero-order valence-corrected chi connectivity index (χ0v) is 13.1. The second-order valence-electron chi connectivity index (χ2n) is 4.61. The van der Waals surface area contributed by atoms with Crippen molar-refractivity contribution in [1.29, 1.82) is 0 Å². The van der Waals surface area contributed by atoms with E-state index >= 15 is 0 Å². The number of rotatable bonds is 5. The van der Waals surface area contributed by atoms with Crippen LogP contribution in [0.15, 0.2) is 46.9 Å². The summed E-state index contributed by atoms with van der Waals surface area (Å²) in [4.78, 5) is 0. The average molecular weight is 338 g/mol. The topological polar surface area (TPSA) is 21.3 Å². The van der Waals surface area contributed by atoms with Gasteiger partial charge < -0.3 is 10.1 Å². The average Bonchev–Trinajstić information content (AvgIpc) is 2.45. The van der Waals surface area contributed by atoms with E-state index in [0.717, 1.165) is 10.0 Å². The molecule has 20 heavy (non-hydrogen) atoms. The van der Waals surface area contributed by atoms with Crippen molar-refractivity contribution in [2.45, 2.75) is 19.5 Å². The fraction of sp³-hybridized carbons (Fsp3) is 0.250. The molecule has 0 aliphatic rings. The van der Waals surface area contributed by atoms with Crippen molar-refractivity contribution in [2.75, 3.05) is 7.11 Å². The summed E-state index contributed by atoms with van der Waals surface area (Å²) in [5.41, 5.74) is 1.79. The van der Waals surface area contributed by atoms with E-state index in [9.17, 15) is 4.39 Å². The molecular weight excluding hydrogens is 321 g/mol. The van der Waals surface area contributed by atoms with E-state index in [1.165, 1.54) is 13.2 Å². The van der Waals surface area contributed by atoms with Gasteiger partial charge >= 0.3 is 0 Å². The van der Waals surface area contributed by atoms with E-state index < -0.39 is 0 Å². The maximum atomic E-state index is 13.8. The van der Waals surface area contributed by atoms with Gasteiger partial charge in [-0.05, 0) is 30.7 Å². The molecule has 0 aliphatic heterocycles. The summed E-state index contributed by atoms with van der Waals surface area (Å²) in [6.45, 7) is 2.53. The predicted octanol–water partition coefficient (Wildman–Crippen LogP) is 4.45. The summed E-state index contributed by atoms with van der Waals surface area (Å²) in [6.07, 6.45) is 0. The smallest absolute Gasteiger partial charge is 0.131 e. The lowest BCUT2D eigenvalue weighted by Crippen LogP contribution is -2.18. The molecule has 0 amide bonds. The maximum Gasteiger partial charge on any atom is 0.131 e. The Kier molecular flexibility index (Phi) is 5.15. The molecule has 2 aromatic rings. The molecule has 0 bridgehead atoms. The van der Waals surface area contributed by atoms with Crippen LogP contribution in [0, 0.1) is 5.82 Å². The van der Waals surface area contributed by atoms with Gasteiger partial charge in [-0.25, -0.2) is 4.39 Å². The number of ether oxygens (including phenoxy) is 1. The van der Waals surface area contributed by atoms with E-state index in [1.807, 2.05) is 18.2 Å². The molecule has 0 spiro atoms. The van der Waals surface area contributed by atoms with Gasteiger partial charge in [-0.15, -0.1) is 0 Å². The lowest BCUT2D eigenvalue weighted by Gasteiger charge is -2.15. The van der Waals surface area contributed by atoms with E-state index in [0.29, 0.717) is 17.9 Å². The Labute approximate surface area is 127 Å². The minimum absolute atomic E-state index is 0.147. The normalized spacial score (nSPS) is 12.2. The zero-order chi connectivity index (χ0) is 14.5. The number of hydrogen-bond acceptors (Lipinski definition) is 2. The standard InChI is InChI=1S/C16H17BrFNO/c1-11(12-4-3-5-14(17)8-12)19-10-13-6-7-15(20-2)9-16(13)18/h3-9,11,19H,10H2,1-2H3/t11-/m0/s1. The van der Waals surface area contributed by atoms with Crippen LogP contribution in [0.4, 0.5) is 4.39 Å². The van der Waals surface area contributed by atoms with Crippen LogP contribution in [0.1, 0.15) is 24.1 Å². The molecule has 2 rings (SSSR count). The molecule has 0 fully saturated rings. The first kappa shape index (κ1) is 15.0. The molecule has 1 N–H and O–H groups in total. The monoisotopic (exact) mass is 337 g/mol. The van der Waals surface area contributed by atoms with Gasteiger partial charge in [0.15, 0.2) is 0 Å². The van der Waals surface area contributed by atoms with Crippen LogP contribution in [0.2, 0.25) is 0 Å². The predicted molar refractivity (Wildman–Crippen MR) is 82.3 cm³/mol. The summed E-state index contributed by atoms with van der Waals surface area (Å²) in [5, 5.41) is 3.32. The Bertz CT molecular complexity index is 588. The van der Waals surface area contributed by atoms with Crippen LogP contribution in [-0.4, -0.2) is 7.11 Å². The third-order valence-electron chi connectivity index (χ3n) is 3.21. The summed E-state index contributed by atoms with van der Waals surface area (Å²) < 4.78 is 19.9. The summed E-state index contributed by atoms with van der Waals surface area (Å²) in [7, 11) is 1.53. The third-order valence-corrected chi connectivity index (χ3v) is 3.70. The van der Waals surface area contributed by atoms with Crippen LogP contribution >= 0.6 is 15.9 Å². The molecule has 0 aliphatic carbocycles. The first-order valence-corrected chi connectivity index (χ1v) is 7.20. The molecule has 0 aromatic heterocycles. The first-order valence-electron chi connectivity index (χ1n) is 6.41. The highest BCUT2D eigenvalue weighted by molar-refractivity contribution is 9.10. The Morgan fingerprint density at radius 3 is 2.70 bits per heavy atom. The van der Waals surface area contributed by atoms with Crippen LogP contribution in [0.3, 0.4) is 0 Å². The van der Waals surface area contributed by atoms with Gasteiger partial charge in [0.25, 0.3) is 0 Å². The van der Waals surface area contributed by atoms with Crippen LogP contribution in [0.25, 0.3) is 0 Å². The van der Waals surface area contributed by atoms with Gasteiger partial charge in [0.2, 0.25) is 0 Å². The third kappa shape index (κ3) is 3.81. The zero-order valence-electron chi connectivity index (χ0n) is 11.5. The molecule has 1 atom stereocenters. The molecule has 0 heterocycles. The fourth-order valence-electron chi connectivity index (χ4n) is 1.96. The molecule has 0 unspecified atom stereocenters. The molecular formula is C16H17BrFNO. The van der Waals surface area contributed by atoms with E-state index in [2.05, 4.69) is 34.2 Å². The minimum Gasteiger partial charge on any atom is -0.497 e. The quantitative estimate of drug-likeness (QED) is 0.870. The molecule has 2 nitrogen and oxygen atoms in total. The Hall–Kier alpha value is -1.39. The second-order valence-corrected chi connectivity index (χ2v) is 5.53. The van der Waals surface area contributed by atoms with Gasteiger partial charge in [0.05, 0.1) is 7.11 Å². The van der Waals surface area contributed by atoms with Gasteiger partial charge in [0, 0.05) is 28.7 Å². The fourth-order valence-corrected chi connectivity index (χ4v) is 2.37. The Balaban J connectivity index is 2.01. The van der Waals surface area contributed by atoms with Crippen molar-refractivity contribution in [2.24, 2.45) is 0 Å². The molecule has 106 valence electrons. The number of halogens is 2. The largest absolute Gasteiger partial charge is 0.497 e. The van der Waals surface area contributed by atoms with Crippen molar-refractivity contribution >= 4 is 15.9 Å². The van der Waals surface area contributed by atoms with E-state index in [4.69, 9.17) is 4.74 Å². The van der Waals surface area contributed by atoms with Gasteiger partial charge in [0.1, 0.15) is 11.6 Å². The molecule has 0 saturated heterocycles. The first-order chi connectivity index (χ1) is 9.60. The lowest BCUT2D eigenvalue weighted by atomic mass is 10.1. The van der Waals surface area contributed by atoms with Crippen molar-refractivity contribution < 1.29 is 9.13 Å². The number of methoxy groups -OCH3 is 1. The van der Waals surface area contributed by atoms with Gasteiger partial charge in [-0.3, -0.25) is 0 Å². The highest BCUT2D eigenvalue weighted by Gasteiger charge is 2.08. The maximum absolute atomic E-state index is 13.8.